The average Bonchev–Trinajstić information content (AvgIpc) is 2.64. The number of Topliss-reactive ketones (excluding diaryl/α,β-unsaturated/α-hetero) is 1. The predicted octanol–water partition coefficient (Wildman–Crippen LogP) is 4.65. The highest BCUT2D eigenvalue weighted by atomic mass is 16.3. The molecule has 2 aromatic rings. The van der Waals surface area contributed by atoms with Crippen molar-refractivity contribution < 1.29 is 9.90 Å². The molecule has 3 aliphatic rings. The number of benzene rings is 2. The molecule has 1 N–H and O–H groups in total. The third-order valence-electron chi connectivity index (χ3n) is 5.16. The van der Waals surface area contributed by atoms with Gasteiger partial charge in [0.05, 0.1) is 0 Å². The summed E-state index contributed by atoms with van der Waals surface area (Å²) in [6.07, 6.45) is 7.08. The van der Waals surface area contributed by atoms with Crippen LogP contribution in [0, 0.1) is 0 Å². The van der Waals surface area contributed by atoms with E-state index in [2.05, 4.69) is 48.5 Å². The molecule has 0 spiro atoms. The van der Waals surface area contributed by atoms with Crippen molar-refractivity contribution in [3.63, 3.8) is 0 Å². The molecular formula is C23H28O2. The van der Waals surface area contributed by atoms with Crippen LogP contribution in [0.2, 0.25) is 0 Å². The molecule has 0 fully saturated rings. The number of fused-ring (bicyclic) bond motifs is 2. The molecule has 25 heavy (non-hydrogen) atoms. The predicted molar refractivity (Wildman–Crippen MR) is 102 cm³/mol. The summed E-state index contributed by atoms with van der Waals surface area (Å²) in [7, 11) is 0. The molecular weight excluding hydrogens is 308 g/mol. The molecule has 132 valence electrons. The minimum absolute atomic E-state index is 0.0117. The van der Waals surface area contributed by atoms with Crippen LogP contribution in [0.4, 0.5) is 0 Å². The molecule has 3 aliphatic carbocycles. The maximum atomic E-state index is 12.0. The normalized spacial score (nSPS) is 20.0. The Labute approximate surface area is 150 Å². The Balaban J connectivity index is 1.71. The smallest absolute Gasteiger partial charge is 0.161 e. The van der Waals surface area contributed by atoms with Crippen molar-refractivity contribution in [2.45, 2.75) is 63.9 Å². The van der Waals surface area contributed by atoms with Crippen molar-refractivity contribution in [2.24, 2.45) is 0 Å². The summed E-state index contributed by atoms with van der Waals surface area (Å²) in [4.78, 5) is 12.0. The number of aliphatic hydroxyl groups excluding tert-OH is 1. The summed E-state index contributed by atoms with van der Waals surface area (Å²) >= 11 is 0. The van der Waals surface area contributed by atoms with E-state index >= 15 is 0 Å². The Morgan fingerprint density at radius 1 is 0.640 bits per heavy atom. The van der Waals surface area contributed by atoms with Crippen LogP contribution < -0.4 is 0 Å². The Kier molecular flexibility index (Phi) is 6.41. The van der Waals surface area contributed by atoms with E-state index in [1.807, 2.05) is 0 Å². The number of carbonyl (C=O) groups excluding carboxylic acids is 1. The monoisotopic (exact) mass is 336 g/mol. The van der Waals surface area contributed by atoms with E-state index in [1.165, 1.54) is 22.3 Å². The summed E-state index contributed by atoms with van der Waals surface area (Å²) in [5.74, 6) is 0.0117. The Morgan fingerprint density at radius 2 is 1.08 bits per heavy atom. The van der Waals surface area contributed by atoms with Crippen molar-refractivity contribution in [1.29, 1.82) is 0 Å². The van der Waals surface area contributed by atoms with Gasteiger partial charge in [0.25, 0.3) is 0 Å². The van der Waals surface area contributed by atoms with Gasteiger partial charge in [-0.15, -0.1) is 0 Å². The molecule has 0 aromatic heterocycles. The van der Waals surface area contributed by atoms with Crippen LogP contribution in [0.1, 0.15) is 60.8 Å². The van der Waals surface area contributed by atoms with E-state index < -0.39 is 6.10 Å². The Hall–Kier alpha value is -1.93. The summed E-state index contributed by atoms with van der Waals surface area (Å²) in [5, 5.41) is 10.0. The number of aryl methyl sites for hydroxylation is 2. The molecule has 0 saturated heterocycles. The number of carbonyl (C=O) groups is 1. The minimum Gasteiger partial charge on any atom is -0.385 e. The maximum Gasteiger partial charge on any atom is 0.161 e. The fourth-order valence-electron chi connectivity index (χ4n) is 3.51. The zero-order valence-corrected chi connectivity index (χ0v) is 14.9. The van der Waals surface area contributed by atoms with Crippen molar-refractivity contribution in [1.82, 2.24) is 0 Å². The topological polar surface area (TPSA) is 37.3 Å². The first-order chi connectivity index (χ1) is 12.2. The van der Waals surface area contributed by atoms with Crippen LogP contribution in [0.25, 0.3) is 0 Å². The van der Waals surface area contributed by atoms with Gasteiger partial charge in [-0.3, -0.25) is 4.79 Å². The first-order valence-electron chi connectivity index (χ1n) is 9.57. The zero-order valence-electron chi connectivity index (χ0n) is 14.9. The standard InChI is InChI=1S/C23H28O2/c24-22-7-3-1-5-18-9-13-20(14-10-18)17-21-15-11-19(12-16-21)6-2-4-8-23(22)25/h9-16,22,24H,1-8,17H2. The Morgan fingerprint density at radius 3 is 1.64 bits per heavy atom. The average molecular weight is 336 g/mol. The summed E-state index contributed by atoms with van der Waals surface area (Å²) in [5.41, 5.74) is 5.34. The molecule has 2 heteroatoms. The van der Waals surface area contributed by atoms with Crippen LogP contribution in [-0.2, 0) is 24.1 Å². The van der Waals surface area contributed by atoms with E-state index in [4.69, 9.17) is 0 Å². The van der Waals surface area contributed by atoms with Crippen LogP contribution >= 0.6 is 0 Å². The highest BCUT2D eigenvalue weighted by molar-refractivity contribution is 5.82. The summed E-state index contributed by atoms with van der Waals surface area (Å²) in [6, 6.07) is 17.7. The second-order valence-corrected chi connectivity index (χ2v) is 7.24. The molecule has 4 bridgehead atoms. The van der Waals surface area contributed by atoms with Gasteiger partial charge in [-0.1, -0.05) is 55.0 Å². The lowest BCUT2D eigenvalue weighted by molar-refractivity contribution is -0.127. The van der Waals surface area contributed by atoms with E-state index in [-0.39, 0.29) is 5.78 Å². The molecule has 0 aliphatic heterocycles. The lowest BCUT2D eigenvalue weighted by atomic mass is 9.99. The van der Waals surface area contributed by atoms with Crippen molar-refractivity contribution in [2.75, 3.05) is 0 Å². The fraction of sp³-hybridized carbons (Fsp3) is 0.435. The highest BCUT2D eigenvalue weighted by Gasteiger charge is 2.14. The minimum atomic E-state index is -0.774. The second-order valence-electron chi connectivity index (χ2n) is 7.24. The van der Waals surface area contributed by atoms with E-state index in [0.29, 0.717) is 12.8 Å². The van der Waals surface area contributed by atoms with E-state index in [1.54, 1.807) is 0 Å². The molecule has 2 nitrogen and oxygen atoms in total. The fourth-order valence-corrected chi connectivity index (χ4v) is 3.51. The molecule has 0 amide bonds. The van der Waals surface area contributed by atoms with Crippen LogP contribution in [0.3, 0.4) is 0 Å². The van der Waals surface area contributed by atoms with Crippen LogP contribution in [-0.4, -0.2) is 17.0 Å². The van der Waals surface area contributed by atoms with Gasteiger partial charge >= 0.3 is 0 Å². The van der Waals surface area contributed by atoms with Gasteiger partial charge in [-0.25, -0.2) is 0 Å². The summed E-state index contributed by atoms with van der Waals surface area (Å²) < 4.78 is 0. The molecule has 1 atom stereocenters. The van der Waals surface area contributed by atoms with Gasteiger partial charge in [0.15, 0.2) is 5.78 Å². The van der Waals surface area contributed by atoms with Gasteiger partial charge in [-0.05, 0) is 67.2 Å². The van der Waals surface area contributed by atoms with Crippen molar-refractivity contribution in [3.05, 3.63) is 70.8 Å². The lowest BCUT2D eigenvalue weighted by Crippen LogP contribution is -2.20. The highest BCUT2D eigenvalue weighted by Crippen LogP contribution is 2.16. The first-order valence-corrected chi connectivity index (χ1v) is 9.57. The largest absolute Gasteiger partial charge is 0.385 e. The molecule has 5 rings (SSSR count). The van der Waals surface area contributed by atoms with E-state index in [0.717, 1.165) is 44.9 Å². The van der Waals surface area contributed by atoms with Gasteiger partial charge in [0.2, 0.25) is 0 Å². The Bertz CT molecular complexity index is 670. The molecule has 0 saturated carbocycles. The lowest BCUT2D eigenvalue weighted by Gasteiger charge is -2.09. The molecule has 0 heterocycles. The van der Waals surface area contributed by atoms with Crippen molar-refractivity contribution in [3.8, 4) is 0 Å². The van der Waals surface area contributed by atoms with Crippen LogP contribution in [0.15, 0.2) is 48.5 Å². The quantitative estimate of drug-likeness (QED) is 0.760. The van der Waals surface area contributed by atoms with Gasteiger partial charge in [0, 0.05) is 6.42 Å². The van der Waals surface area contributed by atoms with Crippen molar-refractivity contribution >= 4 is 5.78 Å². The second kappa shape index (κ2) is 8.96. The number of ketones is 1. The van der Waals surface area contributed by atoms with E-state index in [9.17, 15) is 9.90 Å². The third kappa shape index (κ3) is 5.54. The van der Waals surface area contributed by atoms with Crippen LogP contribution in [0.5, 0.6) is 0 Å². The first kappa shape index (κ1) is 17.9. The van der Waals surface area contributed by atoms with Gasteiger partial charge in [-0.2, -0.15) is 0 Å². The number of hydrogen-bond acceptors (Lipinski definition) is 2. The molecule has 0 radical (unpaired) electrons. The number of rotatable bonds is 0. The van der Waals surface area contributed by atoms with Gasteiger partial charge in [0.1, 0.15) is 6.10 Å². The number of aliphatic hydroxyl groups is 1. The van der Waals surface area contributed by atoms with Gasteiger partial charge < -0.3 is 5.11 Å². The third-order valence-corrected chi connectivity index (χ3v) is 5.16. The summed E-state index contributed by atoms with van der Waals surface area (Å²) in [6.45, 7) is 0. The number of hydrogen-bond donors (Lipinski definition) is 1. The maximum absolute atomic E-state index is 12.0. The molecule has 2 aromatic carbocycles. The zero-order chi connectivity index (χ0) is 17.5. The SMILES string of the molecule is O=C1CCCCc2ccc(cc2)Cc2ccc(cc2)CCCCC1O. The molecule has 1 unspecified atom stereocenters.